The zero-order chi connectivity index (χ0) is 35.0. The van der Waals surface area contributed by atoms with Crippen molar-refractivity contribution in [1.82, 2.24) is 0 Å². The summed E-state index contributed by atoms with van der Waals surface area (Å²) in [5.74, 6) is -0.637. The molecule has 0 aromatic carbocycles. The average molecular weight is 677 g/mol. The molecule has 1 N–H and O–H groups in total. The molecule has 0 aromatic heterocycles. The number of carboxylic acid groups (broad SMARTS) is 1. The Hall–Kier alpha value is -1.32. The molecule has 1 atom stereocenters. The SMILES string of the molecule is CCCCCCCC/C=C\CCCCCCCCCCCCCC(=O)OC(CCC)CCCCCCCCCCCCCCCC(=O)O. The van der Waals surface area contributed by atoms with E-state index in [4.69, 9.17) is 9.84 Å². The van der Waals surface area contributed by atoms with E-state index >= 15 is 0 Å². The van der Waals surface area contributed by atoms with Gasteiger partial charge < -0.3 is 9.84 Å². The van der Waals surface area contributed by atoms with Crippen LogP contribution in [-0.4, -0.2) is 23.1 Å². The summed E-state index contributed by atoms with van der Waals surface area (Å²) < 4.78 is 5.89. The van der Waals surface area contributed by atoms with Crippen molar-refractivity contribution >= 4 is 11.9 Å². The number of unbranched alkanes of at least 4 members (excludes halogenated alkanes) is 29. The zero-order valence-electron chi connectivity index (χ0n) is 32.6. The number of allylic oxidation sites excluding steroid dienone is 2. The number of esters is 1. The molecule has 0 aliphatic carbocycles. The van der Waals surface area contributed by atoms with E-state index in [-0.39, 0.29) is 12.1 Å². The molecule has 0 fully saturated rings. The quantitative estimate of drug-likeness (QED) is 0.0398. The second kappa shape index (κ2) is 40.1. The second-order valence-corrected chi connectivity index (χ2v) is 14.9. The molecule has 0 heterocycles. The van der Waals surface area contributed by atoms with Gasteiger partial charge >= 0.3 is 11.9 Å². The van der Waals surface area contributed by atoms with Gasteiger partial charge in [0.15, 0.2) is 0 Å². The van der Waals surface area contributed by atoms with Crippen molar-refractivity contribution in [3.05, 3.63) is 12.2 Å². The average Bonchev–Trinajstić information content (AvgIpc) is 3.07. The monoisotopic (exact) mass is 677 g/mol. The van der Waals surface area contributed by atoms with Crippen LogP contribution in [0, 0.1) is 0 Å². The first-order valence-electron chi connectivity index (χ1n) is 21.7. The summed E-state index contributed by atoms with van der Waals surface area (Å²) in [4.78, 5) is 23.0. The summed E-state index contributed by atoms with van der Waals surface area (Å²) in [7, 11) is 0. The molecule has 0 aliphatic rings. The molecule has 0 saturated carbocycles. The second-order valence-electron chi connectivity index (χ2n) is 14.9. The summed E-state index contributed by atoms with van der Waals surface area (Å²) >= 11 is 0. The number of carbonyl (C=O) groups excluding carboxylic acids is 1. The largest absolute Gasteiger partial charge is 0.481 e. The first kappa shape index (κ1) is 46.7. The molecule has 0 aromatic rings. The van der Waals surface area contributed by atoms with Gasteiger partial charge in [0.05, 0.1) is 0 Å². The molecule has 4 heteroatoms. The molecule has 0 aliphatic heterocycles. The molecule has 0 rings (SSSR count). The molecule has 0 saturated heterocycles. The molecule has 284 valence electrons. The number of ether oxygens (including phenoxy) is 1. The number of aliphatic carboxylic acids is 1. The highest BCUT2D eigenvalue weighted by molar-refractivity contribution is 5.69. The highest BCUT2D eigenvalue weighted by Gasteiger charge is 2.13. The van der Waals surface area contributed by atoms with Crippen LogP contribution in [-0.2, 0) is 14.3 Å². The van der Waals surface area contributed by atoms with Crippen molar-refractivity contribution in [2.24, 2.45) is 0 Å². The molecule has 0 amide bonds. The third-order valence-corrected chi connectivity index (χ3v) is 9.97. The lowest BCUT2D eigenvalue weighted by Gasteiger charge is -2.17. The van der Waals surface area contributed by atoms with E-state index in [2.05, 4.69) is 26.0 Å². The maximum absolute atomic E-state index is 12.5. The number of carbonyl (C=O) groups is 2. The Bertz CT molecular complexity index is 687. The third-order valence-electron chi connectivity index (χ3n) is 9.97. The Morgan fingerprint density at radius 3 is 1.19 bits per heavy atom. The Kier molecular flexibility index (Phi) is 39.0. The molecule has 4 nitrogen and oxygen atoms in total. The lowest BCUT2D eigenvalue weighted by Crippen LogP contribution is -2.18. The van der Waals surface area contributed by atoms with Crippen molar-refractivity contribution in [2.75, 3.05) is 0 Å². The van der Waals surface area contributed by atoms with Crippen LogP contribution in [0.25, 0.3) is 0 Å². The molecular formula is C44H84O4. The Labute approximate surface area is 300 Å². The molecule has 48 heavy (non-hydrogen) atoms. The van der Waals surface area contributed by atoms with Crippen LogP contribution in [0.1, 0.15) is 251 Å². The highest BCUT2D eigenvalue weighted by atomic mass is 16.5. The highest BCUT2D eigenvalue weighted by Crippen LogP contribution is 2.18. The lowest BCUT2D eigenvalue weighted by atomic mass is 10.0. The van der Waals surface area contributed by atoms with E-state index in [0.717, 1.165) is 44.9 Å². The van der Waals surface area contributed by atoms with E-state index < -0.39 is 5.97 Å². The smallest absolute Gasteiger partial charge is 0.306 e. The van der Waals surface area contributed by atoms with Crippen molar-refractivity contribution < 1.29 is 19.4 Å². The maximum atomic E-state index is 12.5. The van der Waals surface area contributed by atoms with Gasteiger partial charge in [-0.2, -0.15) is 0 Å². The van der Waals surface area contributed by atoms with Crippen LogP contribution in [0.3, 0.4) is 0 Å². The van der Waals surface area contributed by atoms with Gasteiger partial charge in [-0.05, 0) is 57.8 Å². The van der Waals surface area contributed by atoms with Crippen LogP contribution in [0.4, 0.5) is 0 Å². The number of rotatable bonds is 40. The lowest BCUT2D eigenvalue weighted by molar-refractivity contribution is -0.150. The van der Waals surface area contributed by atoms with Crippen molar-refractivity contribution in [2.45, 2.75) is 258 Å². The van der Waals surface area contributed by atoms with E-state index in [1.807, 2.05) is 0 Å². The zero-order valence-corrected chi connectivity index (χ0v) is 32.6. The van der Waals surface area contributed by atoms with Crippen LogP contribution < -0.4 is 0 Å². The Morgan fingerprint density at radius 2 is 0.792 bits per heavy atom. The van der Waals surface area contributed by atoms with Gasteiger partial charge in [-0.15, -0.1) is 0 Å². The predicted molar refractivity (Wildman–Crippen MR) is 209 cm³/mol. The minimum absolute atomic E-state index is 0.0296. The van der Waals surface area contributed by atoms with Gasteiger partial charge in [-0.1, -0.05) is 193 Å². The number of hydrogen-bond donors (Lipinski definition) is 1. The molecule has 0 spiro atoms. The maximum Gasteiger partial charge on any atom is 0.306 e. The minimum atomic E-state index is -0.667. The summed E-state index contributed by atoms with van der Waals surface area (Å²) in [5, 5.41) is 8.67. The van der Waals surface area contributed by atoms with Crippen LogP contribution in [0.5, 0.6) is 0 Å². The van der Waals surface area contributed by atoms with Crippen molar-refractivity contribution in [3.8, 4) is 0 Å². The van der Waals surface area contributed by atoms with Crippen molar-refractivity contribution in [3.63, 3.8) is 0 Å². The third kappa shape index (κ3) is 39.1. The first-order valence-corrected chi connectivity index (χ1v) is 21.7. The van der Waals surface area contributed by atoms with Gasteiger partial charge in [-0.3, -0.25) is 9.59 Å². The molecule has 0 radical (unpaired) electrons. The van der Waals surface area contributed by atoms with Gasteiger partial charge in [0.25, 0.3) is 0 Å². The fourth-order valence-corrected chi connectivity index (χ4v) is 6.82. The number of carboxylic acids is 1. The Balaban J connectivity index is 3.48. The Morgan fingerprint density at radius 1 is 0.438 bits per heavy atom. The normalized spacial score (nSPS) is 12.2. The van der Waals surface area contributed by atoms with Crippen LogP contribution >= 0.6 is 0 Å². The molecular weight excluding hydrogens is 592 g/mol. The standard InChI is InChI=1S/C44H84O4/c1-3-5-6-7-8-9-10-11-12-13-14-15-16-17-18-22-25-28-31-34-37-41-44(47)48-42(38-4-2)39-35-32-29-26-23-20-19-21-24-27-30-33-36-40-43(45)46/h11-12,42H,3-10,13-41H2,1-2H3,(H,45,46)/b12-11-. The van der Waals surface area contributed by atoms with Crippen molar-refractivity contribution in [1.29, 1.82) is 0 Å². The summed E-state index contributed by atoms with van der Waals surface area (Å²) in [6, 6.07) is 0. The number of hydrogen-bond acceptors (Lipinski definition) is 3. The van der Waals surface area contributed by atoms with E-state index in [0.29, 0.717) is 12.8 Å². The van der Waals surface area contributed by atoms with E-state index in [1.54, 1.807) is 0 Å². The molecule has 1 unspecified atom stereocenters. The summed E-state index contributed by atoms with van der Waals surface area (Å²) in [6.07, 6.45) is 50.3. The van der Waals surface area contributed by atoms with Gasteiger partial charge in [0, 0.05) is 12.8 Å². The molecule has 0 bridgehead atoms. The minimum Gasteiger partial charge on any atom is -0.481 e. The van der Waals surface area contributed by atoms with Gasteiger partial charge in [0.1, 0.15) is 6.10 Å². The topological polar surface area (TPSA) is 63.6 Å². The van der Waals surface area contributed by atoms with E-state index in [9.17, 15) is 9.59 Å². The van der Waals surface area contributed by atoms with Gasteiger partial charge in [0.2, 0.25) is 0 Å². The van der Waals surface area contributed by atoms with Crippen LogP contribution in [0.2, 0.25) is 0 Å². The predicted octanol–water partition coefficient (Wildman–Crippen LogP) is 15.0. The first-order chi connectivity index (χ1) is 23.6. The summed E-state index contributed by atoms with van der Waals surface area (Å²) in [6.45, 7) is 4.48. The fourth-order valence-electron chi connectivity index (χ4n) is 6.82. The fraction of sp³-hybridized carbons (Fsp3) is 0.909. The van der Waals surface area contributed by atoms with Crippen LogP contribution in [0.15, 0.2) is 12.2 Å². The van der Waals surface area contributed by atoms with Gasteiger partial charge in [-0.25, -0.2) is 0 Å². The van der Waals surface area contributed by atoms with E-state index in [1.165, 1.54) is 180 Å². The summed E-state index contributed by atoms with van der Waals surface area (Å²) in [5.41, 5.74) is 0.